The Morgan fingerprint density at radius 1 is 1.33 bits per heavy atom. The molecule has 1 aliphatic rings. The Labute approximate surface area is 125 Å². The van der Waals surface area contributed by atoms with Gasteiger partial charge in [0.1, 0.15) is 0 Å². The van der Waals surface area contributed by atoms with Crippen molar-refractivity contribution in [2.45, 2.75) is 26.7 Å². The Bertz CT molecular complexity index is 587. The minimum absolute atomic E-state index is 0.334. The minimum atomic E-state index is -0.334. The summed E-state index contributed by atoms with van der Waals surface area (Å²) in [5.74, 6) is 0.409. The molecule has 0 heterocycles. The number of hydrogen-bond donors (Lipinski definition) is 2. The number of urea groups is 1. The van der Waals surface area contributed by atoms with Gasteiger partial charge in [-0.1, -0.05) is 36.4 Å². The first-order valence-electron chi connectivity index (χ1n) is 7.07. The van der Waals surface area contributed by atoms with Crippen molar-refractivity contribution in [3.63, 3.8) is 0 Å². The van der Waals surface area contributed by atoms with Crippen molar-refractivity contribution in [3.05, 3.63) is 54.1 Å². The molecule has 0 saturated heterocycles. The summed E-state index contributed by atoms with van der Waals surface area (Å²) < 4.78 is 0. The van der Waals surface area contributed by atoms with Crippen LogP contribution in [-0.4, -0.2) is 11.7 Å². The summed E-state index contributed by atoms with van der Waals surface area (Å²) in [6, 6.07) is 8.96. The normalized spacial score (nSPS) is 19.8. The number of para-hydroxylation sites is 1. The van der Waals surface area contributed by atoms with Gasteiger partial charge in [-0.2, -0.15) is 5.10 Å². The second-order valence-electron chi connectivity index (χ2n) is 5.36. The molecule has 1 atom stereocenters. The van der Waals surface area contributed by atoms with Crippen LogP contribution in [0.15, 0.2) is 59.2 Å². The summed E-state index contributed by atoms with van der Waals surface area (Å²) in [5, 5.41) is 6.97. The van der Waals surface area contributed by atoms with Crippen LogP contribution in [0.25, 0.3) is 0 Å². The van der Waals surface area contributed by atoms with Gasteiger partial charge in [0.15, 0.2) is 0 Å². The van der Waals surface area contributed by atoms with Crippen LogP contribution in [-0.2, 0) is 0 Å². The predicted molar refractivity (Wildman–Crippen MR) is 87.3 cm³/mol. The molecular formula is C17H21N3O. The van der Waals surface area contributed by atoms with Gasteiger partial charge in [0.05, 0.1) is 5.71 Å². The van der Waals surface area contributed by atoms with Gasteiger partial charge in [0, 0.05) is 5.69 Å². The Morgan fingerprint density at radius 3 is 2.71 bits per heavy atom. The van der Waals surface area contributed by atoms with Gasteiger partial charge in [0.25, 0.3) is 0 Å². The maximum atomic E-state index is 11.8. The van der Waals surface area contributed by atoms with E-state index < -0.39 is 0 Å². The number of hydrogen-bond acceptors (Lipinski definition) is 2. The van der Waals surface area contributed by atoms with Crippen LogP contribution in [0.1, 0.15) is 26.7 Å². The van der Waals surface area contributed by atoms with Crippen molar-refractivity contribution >= 4 is 17.4 Å². The summed E-state index contributed by atoms with van der Waals surface area (Å²) in [5.41, 5.74) is 6.49. The number of carbonyl (C=O) groups is 1. The van der Waals surface area contributed by atoms with Gasteiger partial charge in [-0.15, -0.1) is 0 Å². The first-order chi connectivity index (χ1) is 10.1. The SMILES string of the molecule is C=C(C)[C@@H]1CC=C(C)/C(=N/NC(=O)Nc2ccccc2)C1. The third-order valence-corrected chi connectivity index (χ3v) is 3.62. The van der Waals surface area contributed by atoms with Gasteiger partial charge in [-0.25, -0.2) is 10.2 Å². The zero-order valence-electron chi connectivity index (χ0n) is 12.5. The molecule has 0 radical (unpaired) electrons. The monoisotopic (exact) mass is 283 g/mol. The molecule has 110 valence electrons. The third kappa shape index (κ3) is 4.31. The molecule has 21 heavy (non-hydrogen) atoms. The standard InChI is InChI=1S/C17H21N3O/c1-12(2)14-10-9-13(3)16(11-14)19-20-17(21)18-15-7-5-4-6-8-15/h4-9,14H,1,10-11H2,2-3H3,(H2,18,20,21)/b19-16+/t14-/m1/s1. The van der Waals surface area contributed by atoms with Crippen LogP contribution < -0.4 is 10.7 Å². The van der Waals surface area contributed by atoms with Crippen molar-refractivity contribution < 1.29 is 4.79 Å². The average Bonchev–Trinajstić information content (AvgIpc) is 2.47. The van der Waals surface area contributed by atoms with Crippen molar-refractivity contribution in [3.8, 4) is 0 Å². The Kier molecular flexibility index (Phi) is 4.93. The zero-order valence-corrected chi connectivity index (χ0v) is 12.5. The van der Waals surface area contributed by atoms with Gasteiger partial charge in [0.2, 0.25) is 0 Å². The molecule has 0 fully saturated rings. The van der Waals surface area contributed by atoms with Crippen molar-refractivity contribution in [1.29, 1.82) is 0 Å². The minimum Gasteiger partial charge on any atom is -0.307 e. The van der Waals surface area contributed by atoms with Crippen LogP contribution in [0, 0.1) is 5.92 Å². The van der Waals surface area contributed by atoms with E-state index in [4.69, 9.17) is 0 Å². The van der Waals surface area contributed by atoms with E-state index in [0.717, 1.165) is 35.4 Å². The van der Waals surface area contributed by atoms with E-state index in [-0.39, 0.29) is 6.03 Å². The zero-order chi connectivity index (χ0) is 15.2. The number of carbonyl (C=O) groups excluding carboxylic acids is 1. The lowest BCUT2D eigenvalue weighted by molar-refractivity contribution is 0.252. The second-order valence-corrected chi connectivity index (χ2v) is 5.36. The number of nitrogens with one attached hydrogen (secondary N) is 2. The first kappa shape index (κ1) is 15.0. The van der Waals surface area contributed by atoms with Crippen molar-refractivity contribution in [2.24, 2.45) is 11.0 Å². The van der Waals surface area contributed by atoms with Crippen LogP contribution >= 0.6 is 0 Å². The lowest BCUT2D eigenvalue weighted by atomic mass is 9.85. The summed E-state index contributed by atoms with van der Waals surface area (Å²) in [7, 11) is 0. The summed E-state index contributed by atoms with van der Waals surface area (Å²) in [6.45, 7) is 8.06. The molecule has 2 amide bonds. The lowest BCUT2D eigenvalue weighted by Crippen LogP contribution is -2.27. The van der Waals surface area contributed by atoms with Crippen LogP contribution in [0.5, 0.6) is 0 Å². The van der Waals surface area contributed by atoms with Gasteiger partial charge < -0.3 is 5.32 Å². The number of anilines is 1. The highest BCUT2D eigenvalue weighted by Crippen LogP contribution is 2.26. The largest absolute Gasteiger partial charge is 0.339 e. The number of benzene rings is 1. The van der Waals surface area contributed by atoms with E-state index in [1.54, 1.807) is 0 Å². The number of allylic oxidation sites excluding steroid dienone is 3. The Hall–Kier alpha value is -2.36. The maximum Gasteiger partial charge on any atom is 0.339 e. The third-order valence-electron chi connectivity index (χ3n) is 3.62. The number of amides is 2. The molecule has 0 aliphatic heterocycles. The highest BCUT2D eigenvalue weighted by atomic mass is 16.2. The van der Waals surface area contributed by atoms with E-state index in [2.05, 4.69) is 28.5 Å². The van der Waals surface area contributed by atoms with Gasteiger partial charge >= 0.3 is 6.03 Å². The number of rotatable bonds is 3. The molecular weight excluding hydrogens is 262 g/mol. The highest BCUT2D eigenvalue weighted by molar-refractivity contribution is 6.01. The molecule has 0 spiro atoms. The van der Waals surface area contributed by atoms with E-state index >= 15 is 0 Å². The summed E-state index contributed by atoms with van der Waals surface area (Å²) in [6.07, 6.45) is 3.97. The highest BCUT2D eigenvalue weighted by Gasteiger charge is 2.18. The molecule has 1 aliphatic carbocycles. The molecule has 1 aromatic rings. The first-order valence-corrected chi connectivity index (χ1v) is 7.07. The van der Waals surface area contributed by atoms with E-state index in [0.29, 0.717) is 5.92 Å². The average molecular weight is 283 g/mol. The molecule has 4 heteroatoms. The molecule has 0 unspecified atom stereocenters. The summed E-state index contributed by atoms with van der Waals surface area (Å²) >= 11 is 0. The molecule has 0 bridgehead atoms. The van der Waals surface area contributed by atoms with E-state index in [1.807, 2.05) is 44.2 Å². The van der Waals surface area contributed by atoms with Gasteiger partial charge in [-0.3, -0.25) is 0 Å². The van der Waals surface area contributed by atoms with Gasteiger partial charge in [-0.05, 0) is 50.3 Å². The predicted octanol–water partition coefficient (Wildman–Crippen LogP) is 4.10. The Morgan fingerprint density at radius 2 is 2.05 bits per heavy atom. The number of hydrazone groups is 1. The van der Waals surface area contributed by atoms with Crippen LogP contribution in [0.3, 0.4) is 0 Å². The number of nitrogens with zero attached hydrogens (tertiary/aromatic N) is 1. The topological polar surface area (TPSA) is 53.5 Å². The molecule has 2 rings (SSSR count). The molecule has 2 N–H and O–H groups in total. The fourth-order valence-electron chi connectivity index (χ4n) is 2.22. The summed E-state index contributed by atoms with van der Waals surface area (Å²) in [4.78, 5) is 11.8. The molecule has 4 nitrogen and oxygen atoms in total. The van der Waals surface area contributed by atoms with Crippen LogP contribution in [0.2, 0.25) is 0 Å². The maximum absolute atomic E-state index is 11.8. The van der Waals surface area contributed by atoms with E-state index in [9.17, 15) is 4.79 Å². The lowest BCUT2D eigenvalue weighted by Gasteiger charge is -2.22. The van der Waals surface area contributed by atoms with Crippen LogP contribution in [0.4, 0.5) is 10.5 Å². The quantitative estimate of drug-likeness (QED) is 0.637. The fourth-order valence-corrected chi connectivity index (χ4v) is 2.22. The fraction of sp³-hybridized carbons (Fsp3) is 0.294. The molecule has 1 aromatic carbocycles. The van der Waals surface area contributed by atoms with Crippen molar-refractivity contribution in [2.75, 3.05) is 5.32 Å². The second kappa shape index (κ2) is 6.88. The smallest absolute Gasteiger partial charge is 0.307 e. The van der Waals surface area contributed by atoms with E-state index in [1.165, 1.54) is 0 Å². The molecule has 0 saturated carbocycles. The van der Waals surface area contributed by atoms with Crippen molar-refractivity contribution in [1.82, 2.24) is 5.43 Å². The Balaban J connectivity index is 1.96. The molecule has 0 aromatic heterocycles.